The molecule has 1 amide bonds. The molecule has 0 aliphatic carbocycles. The minimum Gasteiger partial charge on any atom is -0.478 e. The van der Waals surface area contributed by atoms with Gasteiger partial charge in [-0.05, 0) is 55.0 Å². The van der Waals surface area contributed by atoms with E-state index in [2.05, 4.69) is 10.5 Å². The molecule has 0 radical (unpaired) electrons. The van der Waals surface area contributed by atoms with Gasteiger partial charge in [0.05, 0.1) is 34.5 Å². The van der Waals surface area contributed by atoms with E-state index in [0.717, 1.165) is 5.56 Å². The van der Waals surface area contributed by atoms with Crippen molar-refractivity contribution < 1.29 is 23.1 Å². The molecule has 4 rings (SSSR count). The largest absolute Gasteiger partial charge is 0.478 e. The van der Waals surface area contributed by atoms with E-state index in [9.17, 15) is 23.1 Å². The standard InChI is InChI=1S/C29H24ClN3O5S/c1-20-10-16-24(17-11-20)39(37,38)33(19-21-12-14-23(30)15-13-21)27-9-5-4-8-26(27)28(34)32-31-18-22-6-2-3-7-25(22)29(35)36/h2-18H,19H2,1H3,(H,32,34)(H,35,36)/b31-18-. The van der Waals surface area contributed by atoms with E-state index in [4.69, 9.17) is 11.6 Å². The van der Waals surface area contributed by atoms with Crippen molar-refractivity contribution in [3.05, 3.63) is 130 Å². The van der Waals surface area contributed by atoms with E-state index in [1.165, 1.54) is 34.8 Å². The number of hydrazone groups is 1. The van der Waals surface area contributed by atoms with Crippen LogP contribution in [0.2, 0.25) is 5.02 Å². The fourth-order valence-corrected chi connectivity index (χ4v) is 5.40. The number of rotatable bonds is 9. The van der Waals surface area contributed by atoms with Gasteiger partial charge in [0, 0.05) is 10.6 Å². The summed E-state index contributed by atoms with van der Waals surface area (Å²) in [7, 11) is -4.10. The number of sulfonamides is 1. The average molecular weight is 562 g/mol. The van der Waals surface area contributed by atoms with Crippen LogP contribution in [0.5, 0.6) is 0 Å². The number of aromatic carboxylic acids is 1. The van der Waals surface area contributed by atoms with Crippen LogP contribution in [-0.2, 0) is 16.6 Å². The number of para-hydroxylation sites is 1. The first-order chi connectivity index (χ1) is 18.7. The fourth-order valence-electron chi connectivity index (χ4n) is 3.80. The summed E-state index contributed by atoms with van der Waals surface area (Å²) in [6.45, 7) is 1.80. The Balaban J connectivity index is 1.71. The molecule has 0 atom stereocenters. The lowest BCUT2D eigenvalue weighted by Gasteiger charge is -2.26. The zero-order chi connectivity index (χ0) is 28.0. The lowest BCUT2D eigenvalue weighted by molar-refractivity contribution is 0.0696. The van der Waals surface area contributed by atoms with Gasteiger partial charge in [-0.25, -0.2) is 18.6 Å². The van der Waals surface area contributed by atoms with Crippen LogP contribution in [-0.4, -0.2) is 31.6 Å². The van der Waals surface area contributed by atoms with Crippen LogP contribution in [0, 0.1) is 6.92 Å². The van der Waals surface area contributed by atoms with Gasteiger partial charge in [-0.3, -0.25) is 9.10 Å². The van der Waals surface area contributed by atoms with Crippen LogP contribution in [0.4, 0.5) is 5.69 Å². The molecule has 0 aliphatic heterocycles. The Bertz CT molecular complexity index is 1640. The molecule has 0 unspecified atom stereocenters. The van der Waals surface area contributed by atoms with E-state index >= 15 is 0 Å². The summed E-state index contributed by atoms with van der Waals surface area (Å²) in [6.07, 6.45) is 1.22. The van der Waals surface area contributed by atoms with Gasteiger partial charge in [-0.15, -0.1) is 0 Å². The highest BCUT2D eigenvalue weighted by molar-refractivity contribution is 7.92. The quantitative estimate of drug-likeness (QED) is 0.206. The van der Waals surface area contributed by atoms with Crippen LogP contribution < -0.4 is 9.73 Å². The fraction of sp³-hybridized carbons (Fsp3) is 0.0690. The molecular weight excluding hydrogens is 538 g/mol. The molecule has 0 bridgehead atoms. The van der Waals surface area contributed by atoms with Crippen molar-refractivity contribution in [1.82, 2.24) is 5.43 Å². The number of nitrogens with zero attached hydrogens (tertiary/aromatic N) is 2. The number of anilines is 1. The highest BCUT2D eigenvalue weighted by Crippen LogP contribution is 2.30. The predicted molar refractivity (Wildman–Crippen MR) is 151 cm³/mol. The lowest BCUT2D eigenvalue weighted by atomic mass is 10.1. The Morgan fingerprint density at radius 2 is 1.51 bits per heavy atom. The summed E-state index contributed by atoms with van der Waals surface area (Å²) >= 11 is 6.02. The van der Waals surface area contributed by atoms with Crippen LogP contribution >= 0.6 is 11.6 Å². The van der Waals surface area contributed by atoms with Crippen molar-refractivity contribution in [2.24, 2.45) is 5.10 Å². The van der Waals surface area contributed by atoms with Crippen molar-refractivity contribution in [1.29, 1.82) is 0 Å². The second-order valence-corrected chi connectivity index (χ2v) is 10.9. The zero-order valence-electron chi connectivity index (χ0n) is 20.8. The topological polar surface area (TPSA) is 116 Å². The Labute approximate surface area is 231 Å². The van der Waals surface area contributed by atoms with E-state index in [1.807, 2.05) is 6.92 Å². The number of hydrogen-bond donors (Lipinski definition) is 2. The highest BCUT2D eigenvalue weighted by Gasteiger charge is 2.28. The van der Waals surface area contributed by atoms with Crippen LogP contribution in [0.15, 0.2) is 107 Å². The minimum absolute atomic E-state index is 0.0224. The molecule has 0 aliphatic rings. The zero-order valence-corrected chi connectivity index (χ0v) is 22.4. The van der Waals surface area contributed by atoms with Gasteiger partial charge in [-0.1, -0.05) is 71.8 Å². The Kier molecular flexibility index (Phi) is 8.43. The molecule has 4 aromatic rings. The molecule has 4 aromatic carbocycles. The molecule has 0 aromatic heterocycles. The normalized spacial score (nSPS) is 11.3. The number of halogens is 1. The third-order valence-corrected chi connectivity index (χ3v) is 7.85. The number of hydrogen-bond acceptors (Lipinski definition) is 5. The van der Waals surface area contributed by atoms with Gasteiger partial charge in [-0.2, -0.15) is 5.10 Å². The number of carboxylic acid groups (broad SMARTS) is 1. The second-order valence-electron chi connectivity index (χ2n) is 8.56. The SMILES string of the molecule is Cc1ccc(S(=O)(=O)N(Cc2ccc(Cl)cc2)c2ccccc2C(=O)N/N=C\c2ccccc2C(=O)O)cc1. The molecule has 0 fully saturated rings. The molecule has 0 spiro atoms. The summed E-state index contributed by atoms with van der Waals surface area (Å²) < 4.78 is 28.9. The van der Waals surface area contributed by atoms with E-state index in [1.54, 1.807) is 72.8 Å². The van der Waals surface area contributed by atoms with Crippen LogP contribution in [0.3, 0.4) is 0 Å². The summed E-state index contributed by atoms with van der Waals surface area (Å²) in [4.78, 5) is 24.7. The molecule has 2 N–H and O–H groups in total. The number of aryl methyl sites for hydroxylation is 1. The number of amides is 1. The Hall–Kier alpha value is -4.47. The molecule has 198 valence electrons. The van der Waals surface area contributed by atoms with Gasteiger partial charge < -0.3 is 5.11 Å². The summed E-state index contributed by atoms with van der Waals surface area (Å²) in [5.41, 5.74) is 4.47. The second kappa shape index (κ2) is 11.9. The van der Waals surface area contributed by atoms with Gasteiger partial charge in [0.25, 0.3) is 15.9 Å². The van der Waals surface area contributed by atoms with Crippen molar-refractivity contribution in [2.75, 3.05) is 4.31 Å². The van der Waals surface area contributed by atoms with Crippen LogP contribution in [0.25, 0.3) is 0 Å². The number of benzene rings is 4. The molecule has 8 nitrogen and oxygen atoms in total. The molecule has 0 saturated carbocycles. The van der Waals surface area contributed by atoms with Crippen molar-refractivity contribution in [3.63, 3.8) is 0 Å². The van der Waals surface area contributed by atoms with E-state index < -0.39 is 21.9 Å². The third-order valence-electron chi connectivity index (χ3n) is 5.83. The number of carboxylic acids is 1. The first-order valence-corrected chi connectivity index (χ1v) is 13.6. The minimum atomic E-state index is -4.10. The van der Waals surface area contributed by atoms with Crippen molar-refractivity contribution >= 4 is 45.4 Å². The van der Waals surface area contributed by atoms with Gasteiger partial charge in [0.2, 0.25) is 0 Å². The first kappa shape index (κ1) is 27.6. The number of carbonyl (C=O) groups is 2. The molecule has 10 heteroatoms. The van der Waals surface area contributed by atoms with Crippen LogP contribution in [0.1, 0.15) is 37.4 Å². The van der Waals surface area contributed by atoms with Crippen molar-refractivity contribution in [3.8, 4) is 0 Å². The average Bonchev–Trinajstić information content (AvgIpc) is 2.93. The molecular formula is C29H24ClN3O5S. The maximum Gasteiger partial charge on any atom is 0.336 e. The lowest BCUT2D eigenvalue weighted by Crippen LogP contribution is -2.33. The molecule has 0 saturated heterocycles. The summed E-state index contributed by atoms with van der Waals surface area (Å²) in [5, 5.41) is 13.8. The number of carbonyl (C=O) groups excluding carboxylic acids is 1. The number of nitrogens with one attached hydrogen (secondary N) is 1. The van der Waals surface area contributed by atoms with Gasteiger partial charge in [0.1, 0.15) is 0 Å². The van der Waals surface area contributed by atoms with E-state index in [0.29, 0.717) is 16.1 Å². The Morgan fingerprint density at radius 1 is 0.897 bits per heavy atom. The van der Waals surface area contributed by atoms with E-state index in [-0.39, 0.29) is 28.3 Å². The van der Waals surface area contributed by atoms with Gasteiger partial charge in [0.15, 0.2) is 0 Å². The van der Waals surface area contributed by atoms with Gasteiger partial charge >= 0.3 is 5.97 Å². The smallest absolute Gasteiger partial charge is 0.336 e. The first-order valence-electron chi connectivity index (χ1n) is 11.8. The summed E-state index contributed by atoms with van der Waals surface area (Å²) in [5.74, 6) is -1.80. The van der Waals surface area contributed by atoms with Crippen molar-refractivity contribution in [2.45, 2.75) is 18.4 Å². The molecule has 39 heavy (non-hydrogen) atoms. The summed E-state index contributed by atoms with van der Waals surface area (Å²) in [6, 6.07) is 25.7. The Morgan fingerprint density at radius 3 is 2.18 bits per heavy atom. The molecule has 0 heterocycles. The predicted octanol–water partition coefficient (Wildman–Crippen LogP) is 5.51. The maximum atomic E-state index is 13.9. The monoisotopic (exact) mass is 561 g/mol. The third kappa shape index (κ3) is 6.51. The maximum absolute atomic E-state index is 13.9. The highest BCUT2D eigenvalue weighted by atomic mass is 35.5.